The van der Waals surface area contributed by atoms with Gasteiger partial charge in [0, 0.05) is 43.7 Å². The van der Waals surface area contributed by atoms with Crippen LogP contribution in [0.5, 0.6) is 0 Å². The standard InChI is InChI=1S/C16H19N3O3/c17-15(21)10-18-6-8-19(9-7-18)16(22)13-3-1-2-12-11(13)4-5-14(12)20/h1-3H,4-10H2,(H2,17,21). The monoisotopic (exact) mass is 301 g/mol. The molecule has 1 saturated heterocycles. The van der Waals surface area contributed by atoms with Gasteiger partial charge in [-0.1, -0.05) is 12.1 Å². The Kier molecular flexibility index (Phi) is 3.94. The molecule has 0 aromatic heterocycles. The number of primary amides is 1. The normalized spacial score (nSPS) is 18.4. The largest absolute Gasteiger partial charge is 0.369 e. The van der Waals surface area contributed by atoms with E-state index < -0.39 is 0 Å². The van der Waals surface area contributed by atoms with Crippen molar-refractivity contribution in [3.63, 3.8) is 0 Å². The molecule has 116 valence electrons. The Morgan fingerprint density at radius 2 is 1.82 bits per heavy atom. The van der Waals surface area contributed by atoms with Crippen molar-refractivity contribution < 1.29 is 14.4 Å². The quantitative estimate of drug-likeness (QED) is 0.855. The molecule has 6 nitrogen and oxygen atoms in total. The van der Waals surface area contributed by atoms with Crippen molar-refractivity contribution in [2.45, 2.75) is 12.8 Å². The highest BCUT2D eigenvalue weighted by molar-refractivity contribution is 6.05. The minimum absolute atomic E-state index is 0.0229. The molecule has 0 atom stereocenters. The topological polar surface area (TPSA) is 83.7 Å². The molecule has 1 aliphatic carbocycles. The van der Waals surface area contributed by atoms with Crippen LogP contribution in [0.4, 0.5) is 0 Å². The number of benzene rings is 1. The molecule has 2 aliphatic rings. The zero-order valence-electron chi connectivity index (χ0n) is 12.4. The molecule has 22 heavy (non-hydrogen) atoms. The fourth-order valence-corrected chi connectivity index (χ4v) is 3.19. The second-order valence-electron chi connectivity index (χ2n) is 5.79. The minimum atomic E-state index is -0.348. The first kappa shape index (κ1) is 14.7. The Balaban J connectivity index is 1.71. The van der Waals surface area contributed by atoms with Crippen molar-refractivity contribution in [3.05, 3.63) is 34.9 Å². The number of carbonyl (C=O) groups excluding carboxylic acids is 3. The van der Waals surface area contributed by atoms with Gasteiger partial charge >= 0.3 is 0 Å². The van der Waals surface area contributed by atoms with Gasteiger partial charge in [0.2, 0.25) is 5.91 Å². The van der Waals surface area contributed by atoms with Crippen molar-refractivity contribution in [3.8, 4) is 0 Å². The fourth-order valence-electron chi connectivity index (χ4n) is 3.19. The van der Waals surface area contributed by atoms with Gasteiger partial charge in [-0.25, -0.2) is 0 Å². The van der Waals surface area contributed by atoms with Crippen molar-refractivity contribution >= 4 is 17.6 Å². The number of nitrogens with two attached hydrogens (primary N) is 1. The van der Waals surface area contributed by atoms with E-state index >= 15 is 0 Å². The molecule has 0 unspecified atom stereocenters. The van der Waals surface area contributed by atoms with Gasteiger partial charge in [0.25, 0.3) is 5.91 Å². The van der Waals surface area contributed by atoms with E-state index in [4.69, 9.17) is 5.73 Å². The van der Waals surface area contributed by atoms with E-state index in [1.165, 1.54) is 0 Å². The van der Waals surface area contributed by atoms with Gasteiger partial charge in [-0.3, -0.25) is 19.3 Å². The lowest BCUT2D eigenvalue weighted by Gasteiger charge is -2.34. The molecule has 3 rings (SSSR count). The highest BCUT2D eigenvalue weighted by Gasteiger charge is 2.28. The van der Waals surface area contributed by atoms with E-state index in [2.05, 4.69) is 0 Å². The number of piperazine rings is 1. The molecule has 2 amide bonds. The summed E-state index contributed by atoms with van der Waals surface area (Å²) < 4.78 is 0. The molecule has 1 aromatic carbocycles. The lowest BCUT2D eigenvalue weighted by atomic mass is 10.0. The summed E-state index contributed by atoms with van der Waals surface area (Å²) in [5, 5.41) is 0. The number of hydrogen-bond acceptors (Lipinski definition) is 4. The minimum Gasteiger partial charge on any atom is -0.369 e. The van der Waals surface area contributed by atoms with Crippen molar-refractivity contribution in [2.75, 3.05) is 32.7 Å². The van der Waals surface area contributed by atoms with Gasteiger partial charge in [-0.05, 0) is 18.1 Å². The number of fused-ring (bicyclic) bond motifs is 1. The van der Waals surface area contributed by atoms with E-state index in [9.17, 15) is 14.4 Å². The fraction of sp³-hybridized carbons (Fsp3) is 0.438. The molecule has 2 N–H and O–H groups in total. The van der Waals surface area contributed by atoms with Gasteiger partial charge in [0.05, 0.1) is 6.54 Å². The maximum atomic E-state index is 12.7. The summed E-state index contributed by atoms with van der Waals surface area (Å²) in [5.74, 6) is -0.250. The van der Waals surface area contributed by atoms with Crippen LogP contribution in [-0.4, -0.2) is 60.1 Å². The van der Waals surface area contributed by atoms with Crippen LogP contribution in [-0.2, 0) is 11.2 Å². The zero-order chi connectivity index (χ0) is 15.7. The first-order chi connectivity index (χ1) is 10.6. The number of amides is 2. The highest BCUT2D eigenvalue weighted by atomic mass is 16.2. The summed E-state index contributed by atoms with van der Waals surface area (Å²) in [6.45, 7) is 2.66. The molecule has 1 aromatic rings. The van der Waals surface area contributed by atoms with Gasteiger partial charge < -0.3 is 10.6 Å². The van der Waals surface area contributed by atoms with E-state index in [1.54, 1.807) is 23.1 Å². The number of rotatable bonds is 3. The smallest absolute Gasteiger partial charge is 0.254 e. The molecule has 1 aliphatic heterocycles. The van der Waals surface area contributed by atoms with Gasteiger partial charge in [-0.2, -0.15) is 0 Å². The van der Waals surface area contributed by atoms with E-state index in [0.29, 0.717) is 50.1 Å². The summed E-state index contributed by atoms with van der Waals surface area (Å²) in [6.07, 6.45) is 1.14. The first-order valence-corrected chi connectivity index (χ1v) is 7.51. The van der Waals surface area contributed by atoms with Crippen LogP contribution in [0.2, 0.25) is 0 Å². The third-order valence-electron chi connectivity index (χ3n) is 4.35. The number of nitrogens with zero attached hydrogens (tertiary/aromatic N) is 2. The Morgan fingerprint density at radius 3 is 2.50 bits per heavy atom. The highest BCUT2D eigenvalue weighted by Crippen LogP contribution is 2.26. The Bertz CT molecular complexity index is 634. The molecular weight excluding hydrogens is 282 g/mol. The first-order valence-electron chi connectivity index (χ1n) is 7.51. The zero-order valence-corrected chi connectivity index (χ0v) is 12.4. The molecule has 6 heteroatoms. The van der Waals surface area contributed by atoms with Gasteiger partial charge in [0.1, 0.15) is 0 Å². The van der Waals surface area contributed by atoms with Crippen molar-refractivity contribution in [2.24, 2.45) is 5.73 Å². The molecule has 1 heterocycles. The Labute approximate surface area is 128 Å². The second-order valence-corrected chi connectivity index (χ2v) is 5.79. The average molecular weight is 301 g/mol. The lowest BCUT2D eigenvalue weighted by Crippen LogP contribution is -2.50. The lowest BCUT2D eigenvalue weighted by molar-refractivity contribution is -0.119. The van der Waals surface area contributed by atoms with Crippen LogP contribution < -0.4 is 5.73 Å². The summed E-state index contributed by atoms with van der Waals surface area (Å²) in [5.41, 5.74) is 7.41. The number of ketones is 1. The number of carbonyl (C=O) groups is 3. The number of Topliss-reactive ketones (excluding diaryl/α,β-unsaturated/α-hetero) is 1. The summed E-state index contributed by atoms with van der Waals surface area (Å²) in [7, 11) is 0. The predicted octanol–water partition coefficient (Wildman–Crippen LogP) is 0.0586. The van der Waals surface area contributed by atoms with E-state index in [-0.39, 0.29) is 24.1 Å². The summed E-state index contributed by atoms with van der Waals surface area (Å²) in [6, 6.07) is 5.38. The maximum Gasteiger partial charge on any atom is 0.254 e. The average Bonchev–Trinajstić information content (AvgIpc) is 2.88. The third kappa shape index (κ3) is 2.74. The van der Waals surface area contributed by atoms with Crippen molar-refractivity contribution in [1.29, 1.82) is 0 Å². The van der Waals surface area contributed by atoms with E-state index in [1.807, 2.05) is 4.90 Å². The van der Waals surface area contributed by atoms with Crippen LogP contribution in [0, 0.1) is 0 Å². The summed E-state index contributed by atoms with van der Waals surface area (Å²) >= 11 is 0. The van der Waals surface area contributed by atoms with Crippen LogP contribution in [0.1, 0.15) is 32.7 Å². The molecule has 0 spiro atoms. The van der Waals surface area contributed by atoms with Crippen LogP contribution in [0.25, 0.3) is 0 Å². The molecular formula is C16H19N3O3. The SMILES string of the molecule is NC(=O)CN1CCN(C(=O)c2cccc3c2CCC3=O)CC1. The van der Waals surface area contributed by atoms with Crippen LogP contribution in [0.3, 0.4) is 0 Å². The molecule has 0 bridgehead atoms. The maximum absolute atomic E-state index is 12.7. The second kappa shape index (κ2) is 5.88. The number of hydrogen-bond donors (Lipinski definition) is 1. The summed E-state index contributed by atoms with van der Waals surface area (Å²) in [4.78, 5) is 39.2. The Hall–Kier alpha value is -2.21. The van der Waals surface area contributed by atoms with Crippen LogP contribution >= 0.6 is 0 Å². The molecule has 0 radical (unpaired) electrons. The third-order valence-corrected chi connectivity index (χ3v) is 4.35. The van der Waals surface area contributed by atoms with Crippen LogP contribution in [0.15, 0.2) is 18.2 Å². The van der Waals surface area contributed by atoms with Crippen molar-refractivity contribution in [1.82, 2.24) is 9.80 Å². The van der Waals surface area contributed by atoms with Gasteiger partial charge in [-0.15, -0.1) is 0 Å². The van der Waals surface area contributed by atoms with Gasteiger partial charge in [0.15, 0.2) is 5.78 Å². The van der Waals surface area contributed by atoms with E-state index in [0.717, 1.165) is 5.56 Å². The molecule has 0 saturated carbocycles. The molecule has 1 fully saturated rings. The Morgan fingerprint density at radius 1 is 1.09 bits per heavy atom. The predicted molar refractivity (Wildman–Crippen MR) is 80.6 cm³/mol.